The number of benzene rings is 1. The number of hydrogen-bond acceptors (Lipinski definition) is 5. The Balaban J connectivity index is 1.52. The van der Waals surface area contributed by atoms with Crippen molar-refractivity contribution in [2.24, 2.45) is 0 Å². The zero-order valence-corrected chi connectivity index (χ0v) is 18.0. The highest BCUT2D eigenvalue weighted by Crippen LogP contribution is 2.35. The molecule has 2 N–H and O–H groups in total. The van der Waals surface area contributed by atoms with Gasteiger partial charge in [0, 0.05) is 29.6 Å². The van der Waals surface area contributed by atoms with Gasteiger partial charge in [-0.15, -0.1) is 0 Å². The van der Waals surface area contributed by atoms with Crippen LogP contribution in [-0.4, -0.2) is 63.1 Å². The molecule has 0 amide bonds. The fourth-order valence-electron chi connectivity index (χ4n) is 4.75. The summed E-state index contributed by atoms with van der Waals surface area (Å²) < 4.78 is 2.09. The van der Waals surface area contributed by atoms with Gasteiger partial charge in [0.25, 0.3) is 0 Å². The fraction of sp³-hybridized carbons (Fsp3) is 0.652. The SMILES string of the molecule is CC(C)n1nc(-c2ccccc2)nc1[C@H]1CC[C@@H](O)[C@H](NC2CCN(C)CC2)C1. The van der Waals surface area contributed by atoms with Crippen LogP contribution in [0.1, 0.15) is 63.7 Å². The lowest BCUT2D eigenvalue weighted by Gasteiger charge is -2.38. The van der Waals surface area contributed by atoms with Crippen molar-refractivity contribution >= 4 is 0 Å². The summed E-state index contributed by atoms with van der Waals surface area (Å²) >= 11 is 0. The molecule has 2 aliphatic rings. The third-order valence-corrected chi connectivity index (χ3v) is 6.53. The predicted octanol–water partition coefficient (Wildman–Crippen LogP) is 3.21. The van der Waals surface area contributed by atoms with E-state index < -0.39 is 0 Å². The average molecular weight is 398 g/mol. The Hall–Kier alpha value is -1.76. The molecule has 1 aliphatic carbocycles. The summed E-state index contributed by atoms with van der Waals surface area (Å²) in [7, 11) is 2.19. The van der Waals surface area contributed by atoms with E-state index >= 15 is 0 Å². The second-order valence-corrected chi connectivity index (χ2v) is 9.13. The van der Waals surface area contributed by atoms with Gasteiger partial charge in [0.15, 0.2) is 5.82 Å². The molecular weight excluding hydrogens is 362 g/mol. The van der Waals surface area contributed by atoms with Crippen LogP contribution in [0.2, 0.25) is 0 Å². The van der Waals surface area contributed by atoms with Crippen molar-refractivity contribution in [2.75, 3.05) is 20.1 Å². The highest BCUT2D eigenvalue weighted by Gasteiger charge is 2.34. The summed E-state index contributed by atoms with van der Waals surface area (Å²) in [6, 6.07) is 11.1. The van der Waals surface area contributed by atoms with Gasteiger partial charge in [-0.05, 0) is 66.1 Å². The molecule has 1 aliphatic heterocycles. The van der Waals surface area contributed by atoms with Gasteiger partial charge >= 0.3 is 0 Å². The Bertz CT molecular complexity index is 782. The molecular formula is C23H35N5O. The summed E-state index contributed by atoms with van der Waals surface area (Å²) in [6.07, 6.45) is 4.75. The van der Waals surface area contributed by atoms with Gasteiger partial charge in [-0.2, -0.15) is 5.10 Å². The smallest absolute Gasteiger partial charge is 0.181 e. The lowest BCUT2D eigenvalue weighted by molar-refractivity contribution is 0.0691. The molecule has 1 aromatic heterocycles. The number of likely N-dealkylation sites (tertiary alicyclic amines) is 1. The van der Waals surface area contributed by atoms with E-state index in [0.717, 1.165) is 62.4 Å². The number of nitrogens with zero attached hydrogens (tertiary/aromatic N) is 4. The van der Waals surface area contributed by atoms with Crippen LogP contribution in [0.15, 0.2) is 30.3 Å². The van der Waals surface area contributed by atoms with Gasteiger partial charge in [-0.3, -0.25) is 0 Å². The zero-order chi connectivity index (χ0) is 20.4. The molecule has 2 fully saturated rings. The standard InChI is InChI=1S/C23H35N5O/c1-16(2)28-23(25-22(26-28)17-7-5-4-6-8-17)18-9-10-21(29)20(15-18)24-19-11-13-27(3)14-12-19/h4-8,16,18-21,24,29H,9-15H2,1-3H3/t18-,20+,21+/m0/s1. The van der Waals surface area contributed by atoms with E-state index in [1.54, 1.807) is 0 Å². The third kappa shape index (κ3) is 4.71. The quantitative estimate of drug-likeness (QED) is 0.811. The molecule has 0 bridgehead atoms. The molecule has 1 saturated heterocycles. The molecule has 6 heteroatoms. The van der Waals surface area contributed by atoms with Crippen LogP contribution in [0, 0.1) is 0 Å². The fourth-order valence-corrected chi connectivity index (χ4v) is 4.75. The Morgan fingerprint density at radius 3 is 2.48 bits per heavy atom. The van der Waals surface area contributed by atoms with Crippen molar-refractivity contribution in [2.45, 2.75) is 76.1 Å². The first-order valence-corrected chi connectivity index (χ1v) is 11.2. The first-order valence-electron chi connectivity index (χ1n) is 11.2. The maximum absolute atomic E-state index is 10.7. The lowest BCUT2D eigenvalue weighted by Crippen LogP contribution is -2.51. The second-order valence-electron chi connectivity index (χ2n) is 9.13. The number of rotatable bonds is 5. The topological polar surface area (TPSA) is 66.2 Å². The van der Waals surface area contributed by atoms with Crippen LogP contribution in [0.3, 0.4) is 0 Å². The van der Waals surface area contributed by atoms with E-state index in [9.17, 15) is 5.11 Å². The number of hydrogen-bond donors (Lipinski definition) is 2. The van der Waals surface area contributed by atoms with Crippen LogP contribution in [0.4, 0.5) is 0 Å². The molecule has 2 heterocycles. The largest absolute Gasteiger partial charge is 0.392 e. The van der Waals surface area contributed by atoms with Crippen molar-refractivity contribution in [1.29, 1.82) is 0 Å². The summed E-state index contributed by atoms with van der Waals surface area (Å²) in [5.41, 5.74) is 1.06. The Kier molecular flexibility index (Phi) is 6.32. The molecule has 1 aromatic carbocycles. The van der Waals surface area contributed by atoms with Crippen molar-refractivity contribution in [3.8, 4) is 11.4 Å². The van der Waals surface area contributed by atoms with Crippen LogP contribution in [-0.2, 0) is 0 Å². The van der Waals surface area contributed by atoms with Crippen LogP contribution in [0.25, 0.3) is 11.4 Å². The third-order valence-electron chi connectivity index (χ3n) is 6.53. The van der Waals surface area contributed by atoms with Crippen molar-refractivity contribution in [3.05, 3.63) is 36.2 Å². The number of nitrogens with one attached hydrogen (secondary N) is 1. The first-order chi connectivity index (χ1) is 14.0. The van der Waals surface area contributed by atoms with Gasteiger partial charge in [0.2, 0.25) is 0 Å². The van der Waals surface area contributed by atoms with E-state index in [-0.39, 0.29) is 18.2 Å². The summed E-state index contributed by atoms with van der Waals surface area (Å²) in [5, 5.41) is 19.3. The molecule has 0 spiro atoms. The number of piperidine rings is 1. The van der Waals surface area contributed by atoms with Crippen molar-refractivity contribution < 1.29 is 5.11 Å². The van der Waals surface area contributed by atoms with Crippen molar-refractivity contribution in [1.82, 2.24) is 25.0 Å². The van der Waals surface area contributed by atoms with E-state index in [0.29, 0.717) is 12.0 Å². The summed E-state index contributed by atoms with van der Waals surface area (Å²) in [5.74, 6) is 2.20. The molecule has 6 nitrogen and oxygen atoms in total. The van der Waals surface area contributed by atoms with Crippen LogP contribution >= 0.6 is 0 Å². The monoisotopic (exact) mass is 397 g/mol. The maximum Gasteiger partial charge on any atom is 0.181 e. The Morgan fingerprint density at radius 2 is 1.79 bits per heavy atom. The van der Waals surface area contributed by atoms with Gasteiger partial charge < -0.3 is 15.3 Å². The summed E-state index contributed by atoms with van der Waals surface area (Å²) in [6.45, 7) is 6.59. The molecule has 3 atom stereocenters. The number of aliphatic hydroxyl groups excluding tert-OH is 1. The highest BCUT2D eigenvalue weighted by atomic mass is 16.3. The molecule has 0 unspecified atom stereocenters. The summed E-state index contributed by atoms with van der Waals surface area (Å²) in [4.78, 5) is 7.36. The van der Waals surface area contributed by atoms with Gasteiger partial charge in [0.05, 0.1) is 6.10 Å². The molecule has 1 saturated carbocycles. The van der Waals surface area contributed by atoms with E-state index in [2.05, 4.69) is 47.9 Å². The second kappa shape index (κ2) is 8.94. The lowest BCUT2D eigenvalue weighted by atomic mass is 9.82. The minimum absolute atomic E-state index is 0.139. The molecule has 4 rings (SSSR count). The van der Waals surface area contributed by atoms with Gasteiger partial charge in [-0.25, -0.2) is 9.67 Å². The van der Waals surface area contributed by atoms with Crippen LogP contribution in [0.5, 0.6) is 0 Å². The normalized spacial score (nSPS) is 26.9. The average Bonchev–Trinajstić information content (AvgIpc) is 3.18. The van der Waals surface area contributed by atoms with E-state index in [1.165, 1.54) is 0 Å². The Labute approximate surface area is 174 Å². The molecule has 2 aromatic rings. The number of aliphatic hydroxyl groups is 1. The molecule has 158 valence electrons. The Morgan fingerprint density at radius 1 is 1.07 bits per heavy atom. The number of aromatic nitrogens is 3. The highest BCUT2D eigenvalue weighted by molar-refractivity contribution is 5.54. The van der Waals surface area contributed by atoms with Gasteiger partial charge in [0.1, 0.15) is 5.82 Å². The van der Waals surface area contributed by atoms with Crippen LogP contribution < -0.4 is 5.32 Å². The molecule has 0 radical (unpaired) electrons. The van der Waals surface area contributed by atoms with E-state index in [4.69, 9.17) is 10.1 Å². The van der Waals surface area contributed by atoms with Crippen molar-refractivity contribution in [3.63, 3.8) is 0 Å². The minimum atomic E-state index is -0.269. The maximum atomic E-state index is 10.7. The minimum Gasteiger partial charge on any atom is -0.392 e. The predicted molar refractivity (Wildman–Crippen MR) is 116 cm³/mol. The molecule has 29 heavy (non-hydrogen) atoms. The first kappa shape index (κ1) is 20.5. The zero-order valence-electron chi connectivity index (χ0n) is 18.0. The van der Waals surface area contributed by atoms with Gasteiger partial charge in [-0.1, -0.05) is 30.3 Å². The van der Waals surface area contributed by atoms with E-state index in [1.807, 2.05) is 18.2 Å².